The summed E-state index contributed by atoms with van der Waals surface area (Å²) in [6.07, 6.45) is 3.60. The summed E-state index contributed by atoms with van der Waals surface area (Å²) in [6.45, 7) is 0. The van der Waals surface area contributed by atoms with Gasteiger partial charge in [0.2, 0.25) is 0 Å². The summed E-state index contributed by atoms with van der Waals surface area (Å²) in [5.41, 5.74) is -0.0436. The first-order valence-electron chi connectivity index (χ1n) is 6.78. The maximum absolute atomic E-state index is 13.3. The molecule has 1 saturated carbocycles. The van der Waals surface area contributed by atoms with E-state index in [0.29, 0.717) is 25.7 Å². The third kappa shape index (κ3) is 3.45. The highest BCUT2D eigenvalue weighted by Gasteiger charge is 2.35. The second-order valence-corrected chi connectivity index (χ2v) is 5.32. The van der Waals surface area contributed by atoms with Gasteiger partial charge in [-0.15, -0.1) is 0 Å². The number of hydrogen-bond donors (Lipinski definition) is 0. The van der Waals surface area contributed by atoms with Gasteiger partial charge in [0, 0.05) is 7.11 Å². The summed E-state index contributed by atoms with van der Waals surface area (Å²) in [5, 5.41) is 8.54. The molecule has 0 amide bonds. The molecule has 1 fully saturated rings. The lowest BCUT2D eigenvalue weighted by Gasteiger charge is -2.37. The van der Waals surface area contributed by atoms with E-state index in [1.54, 1.807) is 6.07 Å². The van der Waals surface area contributed by atoms with Crippen LogP contribution in [-0.2, 0) is 4.74 Å². The molecule has 2 nitrogen and oxygen atoms in total. The number of allylic oxidation sites excluding steroid dienone is 1. The average molecular weight is 295 g/mol. The van der Waals surface area contributed by atoms with Crippen molar-refractivity contribution in [2.75, 3.05) is 7.11 Å². The Balaban J connectivity index is 2.12. The minimum atomic E-state index is -0.861. The molecule has 5 heteroatoms. The van der Waals surface area contributed by atoms with E-state index < -0.39 is 23.1 Å². The molecule has 0 aliphatic heterocycles. The van der Waals surface area contributed by atoms with E-state index in [4.69, 9.17) is 10.00 Å². The van der Waals surface area contributed by atoms with Gasteiger partial charge in [-0.05, 0) is 55.4 Å². The van der Waals surface area contributed by atoms with E-state index in [1.165, 1.54) is 25.3 Å². The lowest BCUT2D eigenvalue weighted by atomic mass is 9.75. The zero-order valence-electron chi connectivity index (χ0n) is 11.7. The lowest BCUT2D eigenvalue weighted by molar-refractivity contribution is -0.00346. The van der Waals surface area contributed by atoms with Crippen LogP contribution < -0.4 is 0 Å². The molecule has 0 unspecified atom stereocenters. The van der Waals surface area contributed by atoms with Crippen molar-refractivity contribution in [2.24, 2.45) is 0 Å². The molecule has 1 aliphatic carbocycles. The molecule has 112 valence electrons. The first-order valence-corrected chi connectivity index (χ1v) is 6.78. The van der Waals surface area contributed by atoms with Crippen molar-refractivity contribution in [1.29, 1.82) is 5.26 Å². The molecule has 1 aliphatic rings. The van der Waals surface area contributed by atoms with E-state index in [-0.39, 0.29) is 5.92 Å². The van der Waals surface area contributed by atoms with Gasteiger partial charge in [0.1, 0.15) is 6.07 Å². The molecule has 0 spiro atoms. The summed E-state index contributed by atoms with van der Waals surface area (Å²) in [6, 6.07) is 5.37. The fourth-order valence-electron chi connectivity index (χ4n) is 2.88. The molecule has 0 N–H and O–H groups in total. The van der Waals surface area contributed by atoms with Crippen LogP contribution in [0.4, 0.5) is 13.2 Å². The van der Waals surface area contributed by atoms with Gasteiger partial charge < -0.3 is 4.74 Å². The highest BCUT2D eigenvalue weighted by molar-refractivity contribution is 5.25. The van der Waals surface area contributed by atoms with Crippen LogP contribution in [0.2, 0.25) is 0 Å². The van der Waals surface area contributed by atoms with Crippen LogP contribution in [0, 0.1) is 23.0 Å². The molecule has 0 radical (unpaired) electrons. The monoisotopic (exact) mass is 295 g/mol. The van der Waals surface area contributed by atoms with Crippen molar-refractivity contribution in [1.82, 2.24) is 0 Å². The van der Waals surface area contributed by atoms with Crippen molar-refractivity contribution >= 4 is 0 Å². The Morgan fingerprint density at radius 3 is 2.52 bits per heavy atom. The summed E-state index contributed by atoms with van der Waals surface area (Å²) >= 11 is 0. The van der Waals surface area contributed by atoms with E-state index >= 15 is 0 Å². The zero-order chi connectivity index (χ0) is 15.5. The normalized spacial score (nSPS) is 26.4. The third-order valence-corrected chi connectivity index (χ3v) is 4.15. The van der Waals surface area contributed by atoms with Crippen molar-refractivity contribution in [3.8, 4) is 6.07 Å². The Bertz CT molecular complexity index is 584. The van der Waals surface area contributed by atoms with Gasteiger partial charge in [0.15, 0.2) is 17.5 Å². The average Bonchev–Trinajstić information content (AvgIpc) is 2.50. The van der Waals surface area contributed by atoms with Crippen LogP contribution in [0.25, 0.3) is 0 Å². The van der Waals surface area contributed by atoms with Crippen molar-refractivity contribution < 1.29 is 17.9 Å². The summed E-state index contributed by atoms with van der Waals surface area (Å²) in [5.74, 6) is -2.49. The van der Waals surface area contributed by atoms with Crippen LogP contribution in [0.3, 0.4) is 0 Å². The fraction of sp³-hybridized carbons (Fsp3) is 0.438. The summed E-state index contributed by atoms with van der Waals surface area (Å²) in [4.78, 5) is 0. The molecule has 0 aromatic heterocycles. The third-order valence-electron chi connectivity index (χ3n) is 4.15. The molecule has 1 aromatic rings. The Kier molecular flexibility index (Phi) is 4.69. The first-order chi connectivity index (χ1) is 9.99. The fourth-order valence-corrected chi connectivity index (χ4v) is 2.88. The van der Waals surface area contributed by atoms with Gasteiger partial charge in [-0.2, -0.15) is 9.65 Å². The standard InChI is InChI=1S/C16H16F3NO/c1-21-16(9-13(17)10-20)6-4-11(5-7-16)12-2-3-14(18)15(19)8-12/h2-3,8-9,11H,4-7H2,1H3/t11-,16+. The van der Waals surface area contributed by atoms with Crippen LogP contribution in [0.15, 0.2) is 30.1 Å². The lowest BCUT2D eigenvalue weighted by Crippen LogP contribution is -2.34. The molecule has 1 aromatic carbocycles. The van der Waals surface area contributed by atoms with Gasteiger partial charge in [-0.1, -0.05) is 6.07 Å². The number of ether oxygens (including phenoxy) is 1. The second-order valence-electron chi connectivity index (χ2n) is 5.32. The summed E-state index contributed by atoms with van der Waals surface area (Å²) in [7, 11) is 1.49. The van der Waals surface area contributed by atoms with Gasteiger partial charge in [-0.3, -0.25) is 0 Å². The number of hydrogen-bond acceptors (Lipinski definition) is 2. The van der Waals surface area contributed by atoms with E-state index in [0.717, 1.165) is 11.6 Å². The van der Waals surface area contributed by atoms with Crippen LogP contribution in [0.1, 0.15) is 37.2 Å². The Morgan fingerprint density at radius 1 is 1.33 bits per heavy atom. The topological polar surface area (TPSA) is 33.0 Å². The largest absolute Gasteiger partial charge is 0.374 e. The quantitative estimate of drug-likeness (QED) is 0.775. The molecule has 2 rings (SSSR count). The number of nitrogens with zero attached hydrogens (tertiary/aromatic N) is 1. The van der Waals surface area contributed by atoms with Gasteiger partial charge in [0.05, 0.1) is 5.60 Å². The number of halogens is 3. The van der Waals surface area contributed by atoms with Crippen molar-refractivity contribution in [3.05, 3.63) is 47.3 Å². The predicted octanol–water partition coefficient (Wildman–Crippen LogP) is 4.38. The van der Waals surface area contributed by atoms with E-state index in [9.17, 15) is 13.2 Å². The number of rotatable bonds is 3. The van der Waals surface area contributed by atoms with Gasteiger partial charge in [-0.25, -0.2) is 8.78 Å². The molecule has 0 saturated heterocycles. The molecular weight excluding hydrogens is 279 g/mol. The van der Waals surface area contributed by atoms with Crippen LogP contribution in [-0.4, -0.2) is 12.7 Å². The van der Waals surface area contributed by atoms with Gasteiger partial charge >= 0.3 is 0 Å². The molecule has 21 heavy (non-hydrogen) atoms. The molecule has 0 atom stereocenters. The molecule has 0 heterocycles. The minimum absolute atomic E-state index is 0.0851. The number of methoxy groups -OCH3 is 1. The smallest absolute Gasteiger partial charge is 0.198 e. The number of benzene rings is 1. The minimum Gasteiger partial charge on any atom is -0.374 e. The Morgan fingerprint density at radius 2 is 2.00 bits per heavy atom. The highest BCUT2D eigenvalue weighted by Crippen LogP contribution is 2.41. The van der Waals surface area contributed by atoms with Crippen molar-refractivity contribution in [2.45, 2.75) is 37.2 Å². The van der Waals surface area contributed by atoms with Crippen LogP contribution >= 0.6 is 0 Å². The maximum atomic E-state index is 13.3. The van der Waals surface area contributed by atoms with E-state index in [1.807, 2.05) is 0 Å². The predicted molar refractivity (Wildman–Crippen MR) is 72.1 cm³/mol. The maximum Gasteiger partial charge on any atom is 0.198 e. The zero-order valence-corrected chi connectivity index (χ0v) is 11.7. The summed E-state index contributed by atoms with van der Waals surface area (Å²) < 4.78 is 44.8. The Labute approximate surface area is 121 Å². The second kappa shape index (κ2) is 6.31. The molecule has 0 bridgehead atoms. The first kappa shape index (κ1) is 15.6. The molecular formula is C16H16F3NO. The van der Waals surface area contributed by atoms with Crippen molar-refractivity contribution in [3.63, 3.8) is 0 Å². The highest BCUT2D eigenvalue weighted by atomic mass is 19.2. The number of nitriles is 1. The van der Waals surface area contributed by atoms with Gasteiger partial charge in [0.25, 0.3) is 0 Å². The Hall–Kier alpha value is -1.80. The van der Waals surface area contributed by atoms with Crippen LogP contribution in [0.5, 0.6) is 0 Å². The van der Waals surface area contributed by atoms with E-state index in [2.05, 4.69) is 0 Å². The SMILES string of the molecule is CO[C@]1(C=C(F)C#N)CC[C@H](c2ccc(F)c(F)c2)CC1.